The lowest BCUT2D eigenvalue weighted by Crippen LogP contribution is -2.40. The summed E-state index contributed by atoms with van der Waals surface area (Å²) in [6, 6.07) is 21.3. The van der Waals surface area contributed by atoms with Crippen LogP contribution in [0.2, 0.25) is 0 Å². The third-order valence-electron chi connectivity index (χ3n) is 7.00. The van der Waals surface area contributed by atoms with Crippen molar-refractivity contribution in [3.8, 4) is 0 Å². The van der Waals surface area contributed by atoms with Gasteiger partial charge in [-0.1, -0.05) is 42.5 Å². The fraction of sp³-hybridized carbons (Fsp3) is 0.241. The van der Waals surface area contributed by atoms with Gasteiger partial charge < -0.3 is 11.1 Å². The molecule has 37 heavy (non-hydrogen) atoms. The highest BCUT2D eigenvalue weighted by Crippen LogP contribution is 2.25. The van der Waals surface area contributed by atoms with Crippen LogP contribution in [0.5, 0.6) is 0 Å². The number of nitrogens with one attached hydrogen (secondary N) is 1. The molecule has 5 rings (SSSR count). The Morgan fingerprint density at radius 3 is 2.19 bits per heavy atom. The van der Waals surface area contributed by atoms with Crippen molar-refractivity contribution in [2.75, 3.05) is 18.4 Å². The van der Waals surface area contributed by atoms with E-state index in [1.807, 2.05) is 24.3 Å². The maximum atomic E-state index is 13.0. The number of nitrogens with zero attached hydrogens (tertiary/aromatic N) is 2. The van der Waals surface area contributed by atoms with Gasteiger partial charge in [0.05, 0.1) is 23.6 Å². The number of hydrogen-bond donors (Lipinski definition) is 2. The summed E-state index contributed by atoms with van der Waals surface area (Å²) in [6.07, 6.45) is 1.72. The smallest absolute Gasteiger partial charge is 0.261 e. The summed E-state index contributed by atoms with van der Waals surface area (Å²) in [5.41, 5.74) is 9.23. The molecule has 2 aliphatic rings. The van der Waals surface area contributed by atoms with Gasteiger partial charge in [0.1, 0.15) is 0 Å². The summed E-state index contributed by atoms with van der Waals surface area (Å²) in [4.78, 5) is 53.3. The molecule has 3 N–H and O–H groups in total. The zero-order valence-electron chi connectivity index (χ0n) is 20.4. The minimum atomic E-state index is -0.310. The Morgan fingerprint density at radius 1 is 0.865 bits per heavy atom. The summed E-state index contributed by atoms with van der Waals surface area (Å²) in [5.74, 6) is -1.29. The number of hydrogen-bond acceptors (Lipinski definition) is 5. The molecule has 188 valence electrons. The van der Waals surface area contributed by atoms with Crippen LogP contribution in [0.4, 0.5) is 5.69 Å². The molecule has 0 bridgehead atoms. The number of piperidine rings is 1. The summed E-state index contributed by atoms with van der Waals surface area (Å²) in [6.45, 7) is 2.24. The molecular weight excluding hydrogens is 468 g/mol. The normalized spacial score (nSPS) is 17.5. The van der Waals surface area contributed by atoms with E-state index in [9.17, 15) is 19.2 Å². The lowest BCUT2D eigenvalue weighted by Gasteiger charge is -2.31. The summed E-state index contributed by atoms with van der Waals surface area (Å²) < 4.78 is 0. The molecule has 0 spiro atoms. The van der Waals surface area contributed by atoms with Gasteiger partial charge in [-0.2, -0.15) is 0 Å². The molecule has 1 saturated heterocycles. The Balaban J connectivity index is 1.23. The first-order valence-electron chi connectivity index (χ1n) is 12.4. The fourth-order valence-electron chi connectivity index (χ4n) is 4.97. The van der Waals surface area contributed by atoms with Crippen molar-refractivity contribution in [1.82, 2.24) is 9.80 Å². The van der Waals surface area contributed by atoms with Crippen LogP contribution in [0, 0.1) is 5.92 Å². The molecule has 3 aromatic carbocycles. The third-order valence-corrected chi connectivity index (χ3v) is 7.00. The number of nitrogens with two attached hydrogens (primary N) is 1. The largest absolute Gasteiger partial charge is 0.369 e. The molecule has 1 atom stereocenters. The first-order chi connectivity index (χ1) is 17.9. The molecular formula is C29H28N4O4. The standard InChI is InChI=1S/C29H28N4O4/c30-26(34)22-7-5-15-32(18-22)17-21-6-1-4-10-25(21)31-27(35)20-13-11-19(12-14-20)16-33-28(36)23-8-2-3-9-24(23)29(33)37/h1-4,6,8-14,22H,5,7,15-18H2,(H2,30,34)(H,31,35). The molecule has 0 aromatic heterocycles. The van der Waals surface area contributed by atoms with Gasteiger partial charge in [-0.15, -0.1) is 0 Å². The van der Waals surface area contributed by atoms with Crippen LogP contribution in [-0.4, -0.2) is 46.5 Å². The zero-order valence-corrected chi connectivity index (χ0v) is 20.4. The Labute approximate surface area is 215 Å². The first-order valence-corrected chi connectivity index (χ1v) is 12.4. The summed E-state index contributed by atoms with van der Waals surface area (Å²) in [7, 11) is 0. The number of imide groups is 1. The Morgan fingerprint density at radius 2 is 1.51 bits per heavy atom. The Kier molecular flexibility index (Phi) is 6.83. The minimum absolute atomic E-state index is 0.138. The third kappa shape index (κ3) is 5.15. The molecule has 0 saturated carbocycles. The van der Waals surface area contributed by atoms with Gasteiger partial charge in [0.2, 0.25) is 5.91 Å². The number of likely N-dealkylation sites (tertiary alicyclic amines) is 1. The minimum Gasteiger partial charge on any atom is -0.369 e. The second-order valence-corrected chi connectivity index (χ2v) is 9.53. The van der Waals surface area contributed by atoms with Crippen molar-refractivity contribution < 1.29 is 19.2 Å². The van der Waals surface area contributed by atoms with Gasteiger partial charge in [-0.25, -0.2) is 0 Å². The Hall–Kier alpha value is -4.30. The summed E-state index contributed by atoms with van der Waals surface area (Å²) in [5, 5.41) is 2.99. The van der Waals surface area contributed by atoms with Crippen molar-refractivity contribution in [2.24, 2.45) is 11.7 Å². The van der Waals surface area contributed by atoms with Crippen LogP contribution in [-0.2, 0) is 17.9 Å². The van der Waals surface area contributed by atoms with Gasteiger partial charge in [0.25, 0.3) is 17.7 Å². The molecule has 8 nitrogen and oxygen atoms in total. The number of rotatable bonds is 7. The molecule has 1 unspecified atom stereocenters. The molecule has 2 aliphatic heterocycles. The van der Waals surface area contributed by atoms with E-state index in [1.54, 1.807) is 48.5 Å². The van der Waals surface area contributed by atoms with Gasteiger partial charge >= 0.3 is 0 Å². The number of benzene rings is 3. The van der Waals surface area contributed by atoms with Crippen LogP contribution in [0.25, 0.3) is 0 Å². The van der Waals surface area contributed by atoms with Crippen LogP contribution in [0.3, 0.4) is 0 Å². The van der Waals surface area contributed by atoms with Crippen LogP contribution in [0.1, 0.15) is 55.0 Å². The van der Waals surface area contributed by atoms with Gasteiger partial charge in [0.15, 0.2) is 0 Å². The molecule has 0 aliphatic carbocycles. The monoisotopic (exact) mass is 496 g/mol. The second-order valence-electron chi connectivity index (χ2n) is 9.53. The number of fused-ring (bicyclic) bond motifs is 1. The maximum absolute atomic E-state index is 13.0. The maximum Gasteiger partial charge on any atom is 0.261 e. The van der Waals surface area contributed by atoms with Gasteiger partial charge in [-0.05, 0) is 60.8 Å². The van der Waals surface area contributed by atoms with Crippen molar-refractivity contribution in [2.45, 2.75) is 25.9 Å². The van der Waals surface area contributed by atoms with E-state index in [0.29, 0.717) is 35.5 Å². The molecule has 1 fully saturated rings. The number of anilines is 1. The van der Waals surface area contributed by atoms with Crippen LogP contribution < -0.4 is 11.1 Å². The molecule has 2 heterocycles. The van der Waals surface area contributed by atoms with Gasteiger partial charge in [-0.3, -0.25) is 29.0 Å². The number of primary amides is 1. The molecule has 3 aromatic rings. The lowest BCUT2D eigenvalue weighted by molar-refractivity contribution is -0.123. The van der Waals surface area contributed by atoms with Crippen molar-refractivity contribution in [3.05, 3.63) is 101 Å². The predicted octanol–water partition coefficient (Wildman–Crippen LogP) is 3.43. The van der Waals surface area contributed by atoms with E-state index >= 15 is 0 Å². The Bertz CT molecular complexity index is 1330. The van der Waals surface area contributed by atoms with E-state index in [2.05, 4.69) is 10.2 Å². The fourth-order valence-corrected chi connectivity index (χ4v) is 4.97. The number of amides is 4. The van der Waals surface area contributed by atoms with Crippen molar-refractivity contribution in [1.29, 1.82) is 0 Å². The van der Waals surface area contributed by atoms with Crippen molar-refractivity contribution in [3.63, 3.8) is 0 Å². The predicted molar refractivity (Wildman–Crippen MR) is 139 cm³/mol. The van der Waals surface area contributed by atoms with E-state index < -0.39 is 0 Å². The van der Waals surface area contributed by atoms with Gasteiger partial charge in [0, 0.05) is 24.3 Å². The quantitative estimate of drug-likeness (QED) is 0.487. The summed E-state index contributed by atoms with van der Waals surface area (Å²) >= 11 is 0. The highest BCUT2D eigenvalue weighted by molar-refractivity contribution is 6.21. The number of para-hydroxylation sites is 1. The van der Waals surface area contributed by atoms with E-state index in [-0.39, 0.29) is 36.1 Å². The van der Waals surface area contributed by atoms with Crippen LogP contribution >= 0.6 is 0 Å². The molecule has 0 radical (unpaired) electrons. The highest BCUT2D eigenvalue weighted by atomic mass is 16.2. The first kappa shape index (κ1) is 24.4. The number of carbonyl (C=O) groups excluding carboxylic acids is 4. The van der Waals surface area contributed by atoms with E-state index in [1.165, 1.54) is 4.90 Å². The topological polar surface area (TPSA) is 113 Å². The SMILES string of the molecule is NC(=O)C1CCCN(Cc2ccccc2NC(=O)c2ccc(CN3C(=O)c4ccccc4C3=O)cc2)C1. The highest BCUT2D eigenvalue weighted by Gasteiger charge is 2.35. The van der Waals surface area contributed by atoms with E-state index in [0.717, 1.165) is 30.5 Å². The lowest BCUT2D eigenvalue weighted by atomic mass is 9.97. The number of carbonyl (C=O) groups is 4. The van der Waals surface area contributed by atoms with Crippen molar-refractivity contribution >= 4 is 29.3 Å². The van der Waals surface area contributed by atoms with Crippen LogP contribution in [0.15, 0.2) is 72.8 Å². The average molecular weight is 497 g/mol. The zero-order chi connectivity index (χ0) is 25.9. The molecule has 8 heteroatoms. The second kappa shape index (κ2) is 10.4. The van der Waals surface area contributed by atoms with E-state index in [4.69, 9.17) is 5.73 Å². The molecule has 4 amide bonds. The average Bonchev–Trinajstić information content (AvgIpc) is 3.15.